The van der Waals surface area contributed by atoms with Gasteiger partial charge in [-0.3, -0.25) is 4.72 Å². The van der Waals surface area contributed by atoms with Crippen molar-refractivity contribution in [2.75, 3.05) is 4.72 Å². The summed E-state index contributed by atoms with van der Waals surface area (Å²) in [5.74, 6) is -1.13. The van der Waals surface area contributed by atoms with Gasteiger partial charge in [-0.25, -0.2) is 13.2 Å². The van der Waals surface area contributed by atoms with Crippen molar-refractivity contribution in [3.63, 3.8) is 0 Å². The normalized spacial score (nSPS) is 16.5. The summed E-state index contributed by atoms with van der Waals surface area (Å²) in [5, 5.41) is 8.66. The van der Waals surface area contributed by atoms with Gasteiger partial charge in [0.2, 0.25) is 10.0 Å². The zero-order valence-corrected chi connectivity index (χ0v) is 11.7. The number of hydrogen-bond acceptors (Lipinski definition) is 3. The maximum absolute atomic E-state index is 12.1. The number of hydrogen-bond donors (Lipinski definition) is 2. The van der Waals surface area contributed by atoms with Gasteiger partial charge in [0.15, 0.2) is 0 Å². The van der Waals surface area contributed by atoms with E-state index in [4.69, 9.17) is 16.7 Å². The third kappa shape index (κ3) is 3.19. The minimum absolute atomic E-state index is 0.00600. The van der Waals surface area contributed by atoms with Crippen molar-refractivity contribution in [1.29, 1.82) is 0 Å². The first kappa shape index (κ1) is 14.1. The summed E-state index contributed by atoms with van der Waals surface area (Å²) < 4.78 is 26.6. The van der Waals surface area contributed by atoms with Crippen LogP contribution in [0.1, 0.15) is 36.0 Å². The van der Waals surface area contributed by atoms with E-state index in [0.29, 0.717) is 12.8 Å². The van der Waals surface area contributed by atoms with Crippen molar-refractivity contribution in [3.8, 4) is 0 Å². The minimum Gasteiger partial charge on any atom is -0.478 e. The van der Waals surface area contributed by atoms with Crippen molar-refractivity contribution in [2.45, 2.75) is 30.9 Å². The van der Waals surface area contributed by atoms with E-state index >= 15 is 0 Å². The summed E-state index contributed by atoms with van der Waals surface area (Å²) in [6, 6.07) is 3.94. The highest BCUT2D eigenvalue weighted by atomic mass is 35.5. The number of rotatable bonds is 4. The third-order valence-electron chi connectivity index (χ3n) is 3.21. The molecule has 104 valence electrons. The Hall–Kier alpha value is -1.27. The molecule has 19 heavy (non-hydrogen) atoms. The third-order valence-corrected chi connectivity index (χ3v) is 5.39. The van der Waals surface area contributed by atoms with Crippen LogP contribution in [-0.4, -0.2) is 24.7 Å². The number of carboxylic acid groups (broad SMARTS) is 1. The van der Waals surface area contributed by atoms with Crippen molar-refractivity contribution in [1.82, 2.24) is 0 Å². The zero-order chi connectivity index (χ0) is 14.0. The largest absolute Gasteiger partial charge is 0.478 e. The van der Waals surface area contributed by atoms with E-state index in [9.17, 15) is 13.2 Å². The van der Waals surface area contributed by atoms with Gasteiger partial charge in [-0.05, 0) is 31.0 Å². The monoisotopic (exact) mass is 303 g/mol. The minimum atomic E-state index is -3.51. The number of anilines is 1. The number of sulfonamides is 1. The van der Waals surface area contributed by atoms with E-state index in [1.807, 2.05) is 0 Å². The van der Waals surface area contributed by atoms with Gasteiger partial charge in [0.1, 0.15) is 0 Å². The van der Waals surface area contributed by atoms with Gasteiger partial charge in [-0.1, -0.05) is 24.4 Å². The Morgan fingerprint density at radius 2 is 1.95 bits per heavy atom. The molecule has 1 aromatic carbocycles. The van der Waals surface area contributed by atoms with E-state index < -0.39 is 21.2 Å². The molecule has 1 aromatic rings. The molecule has 1 aliphatic carbocycles. The molecule has 1 saturated carbocycles. The van der Waals surface area contributed by atoms with Crippen LogP contribution >= 0.6 is 11.6 Å². The summed E-state index contributed by atoms with van der Waals surface area (Å²) in [5.41, 5.74) is 0.113. The van der Waals surface area contributed by atoms with Crippen LogP contribution in [0.5, 0.6) is 0 Å². The van der Waals surface area contributed by atoms with E-state index in [1.165, 1.54) is 18.2 Å². The summed E-state index contributed by atoms with van der Waals surface area (Å²) in [4.78, 5) is 10.9. The predicted octanol–water partition coefficient (Wildman–Crippen LogP) is 2.72. The van der Waals surface area contributed by atoms with Crippen LogP contribution in [0, 0.1) is 0 Å². The fourth-order valence-electron chi connectivity index (χ4n) is 2.17. The lowest BCUT2D eigenvalue weighted by molar-refractivity contribution is 0.0697. The Morgan fingerprint density at radius 3 is 2.53 bits per heavy atom. The Kier molecular flexibility index (Phi) is 4.01. The molecule has 2 rings (SSSR count). The quantitative estimate of drug-likeness (QED) is 0.896. The number of halogens is 1. The van der Waals surface area contributed by atoms with E-state index in [2.05, 4.69) is 4.72 Å². The molecule has 0 bridgehead atoms. The van der Waals surface area contributed by atoms with E-state index in [0.717, 1.165) is 12.8 Å². The van der Waals surface area contributed by atoms with Crippen molar-refractivity contribution in [3.05, 3.63) is 28.8 Å². The van der Waals surface area contributed by atoms with Crippen LogP contribution in [0.25, 0.3) is 0 Å². The van der Waals surface area contributed by atoms with Crippen LogP contribution < -0.4 is 4.72 Å². The van der Waals surface area contributed by atoms with Crippen molar-refractivity contribution < 1.29 is 18.3 Å². The molecule has 0 unspecified atom stereocenters. The average molecular weight is 304 g/mol. The molecular formula is C12H14ClNO4S. The van der Waals surface area contributed by atoms with Crippen molar-refractivity contribution >= 4 is 33.3 Å². The first-order valence-electron chi connectivity index (χ1n) is 5.94. The maximum atomic E-state index is 12.1. The summed E-state index contributed by atoms with van der Waals surface area (Å²) >= 11 is 5.89. The molecule has 1 fully saturated rings. The van der Waals surface area contributed by atoms with Crippen molar-refractivity contribution in [2.24, 2.45) is 0 Å². The zero-order valence-electron chi connectivity index (χ0n) is 10.1. The maximum Gasteiger partial charge on any atom is 0.335 e. The second-order valence-electron chi connectivity index (χ2n) is 4.55. The van der Waals surface area contributed by atoms with Crippen LogP contribution in [0.2, 0.25) is 5.02 Å². The fraction of sp³-hybridized carbons (Fsp3) is 0.417. The van der Waals surface area contributed by atoms with Gasteiger partial charge in [0.05, 0.1) is 21.5 Å². The highest BCUT2D eigenvalue weighted by Crippen LogP contribution is 2.29. The number of nitrogens with one attached hydrogen (secondary N) is 1. The van der Waals surface area contributed by atoms with E-state index in [1.54, 1.807) is 0 Å². The molecule has 0 aliphatic heterocycles. The number of aromatic carboxylic acids is 1. The Labute approximate surface area is 116 Å². The molecular weight excluding hydrogens is 290 g/mol. The molecule has 1 aliphatic rings. The van der Waals surface area contributed by atoms with Crippen LogP contribution in [0.3, 0.4) is 0 Å². The highest BCUT2D eigenvalue weighted by Gasteiger charge is 2.29. The van der Waals surface area contributed by atoms with Gasteiger partial charge in [-0.15, -0.1) is 0 Å². The van der Waals surface area contributed by atoms with Gasteiger partial charge < -0.3 is 5.11 Å². The molecule has 0 spiro atoms. The van der Waals surface area contributed by atoms with E-state index in [-0.39, 0.29) is 16.3 Å². The molecule has 2 N–H and O–H groups in total. The first-order valence-corrected chi connectivity index (χ1v) is 7.87. The van der Waals surface area contributed by atoms with Crippen LogP contribution in [-0.2, 0) is 10.0 Å². The van der Waals surface area contributed by atoms with Gasteiger partial charge in [0, 0.05) is 0 Å². The first-order chi connectivity index (χ1) is 8.90. The molecule has 7 heteroatoms. The Morgan fingerprint density at radius 1 is 1.32 bits per heavy atom. The fourth-order valence-corrected chi connectivity index (χ4v) is 3.99. The number of benzene rings is 1. The number of carboxylic acids is 1. The summed E-state index contributed by atoms with van der Waals surface area (Å²) in [7, 11) is -3.51. The molecule has 0 radical (unpaired) electrons. The molecule has 0 atom stereocenters. The van der Waals surface area contributed by atoms with Crippen LogP contribution in [0.4, 0.5) is 5.69 Å². The van der Waals surface area contributed by atoms with Gasteiger partial charge in [0.25, 0.3) is 0 Å². The summed E-state index contributed by atoms with van der Waals surface area (Å²) in [6.45, 7) is 0. The Balaban J connectivity index is 2.27. The lowest BCUT2D eigenvalue weighted by atomic mass is 10.2. The molecule has 0 amide bonds. The van der Waals surface area contributed by atoms with Gasteiger partial charge in [-0.2, -0.15) is 0 Å². The molecule has 5 nitrogen and oxygen atoms in total. The highest BCUT2D eigenvalue weighted by molar-refractivity contribution is 7.93. The lowest BCUT2D eigenvalue weighted by Crippen LogP contribution is -2.25. The molecule has 0 aromatic heterocycles. The topological polar surface area (TPSA) is 83.5 Å². The second-order valence-corrected chi connectivity index (χ2v) is 6.92. The average Bonchev–Trinajstić information content (AvgIpc) is 2.85. The SMILES string of the molecule is O=C(O)c1ccc(Cl)c(NS(=O)(=O)C2CCCC2)c1. The molecule has 0 saturated heterocycles. The standard InChI is InChI=1S/C12H14ClNO4S/c13-10-6-5-8(12(15)16)7-11(10)14-19(17,18)9-3-1-2-4-9/h5-7,9,14H,1-4H2,(H,15,16). The molecule has 0 heterocycles. The second kappa shape index (κ2) is 5.38. The van der Waals surface area contributed by atoms with Gasteiger partial charge >= 0.3 is 5.97 Å². The summed E-state index contributed by atoms with van der Waals surface area (Å²) in [6.07, 6.45) is 3.06. The predicted molar refractivity (Wildman–Crippen MR) is 73.2 cm³/mol. The van der Waals surface area contributed by atoms with Crippen LogP contribution in [0.15, 0.2) is 18.2 Å². The lowest BCUT2D eigenvalue weighted by Gasteiger charge is -2.14. The smallest absolute Gasteiger partial charge is 0.335 e. The Bertz CT molecular complexity index is 594. The number of carbonyl (C=O) groups is 1.